The number of hydrogen-bond donors (Lipinski definition) is 0. The second kappa shape index (κ2) is 6.44. The number of likely N-dealkylation sites (N-methyl/N-ethyl adjacent to an activating group) is 1. The lowest BCUT2D eigenvalue weighted by Crippen LogP contribution is -2.44. The van der Waals surface area contributed by atoms with Gasteiger partial charge in [0.15, 0.2) is 0 Å². The van der Waals surface area contributed by atoms with Crippen LogP contribution in [0.3, 0.4) is 0 Å². The zero-order valence-electron chi connectivity index (χ0n) is 14.0. The Labute approximate surface area is 136 Å². The monoisotopic (exact) mass is 313 g/mol. The zero-order chi connectivity index (χ0) is 16.4. The molecule has 23 heavy (non-hydrogen) atoms. The van der Waals surface area contributed by atoms with E-state index < -0.39 is 0 Å². The fourth-order valence-electron chi connectivity index (χ4n) is 3.24. The van der Waals surface area contributed by atoms with Crippen LogP contribution in [0.15, 0.2) is 34.9 Å². The van der Waals surface area contributed by atoms with Gasteiger partial charge in [0.1, 0.15) is 5.76 Å². The zero-order valence-corrected chi connectivity index (χ0v) is 14.0. The number of fused-ring (bicyclic) bond motifs is 1. The molecule has 0 fully saturated rings. The van der Waals surface area contributed by atoms with Crippen molar-refractivity contribution in [2.75, 3.05) is 18.5 Å². The summed E-state index contributed by atoms with van der Waals surface area (Å²) in [5.74, 6) is 0.844. The van der Waals surface area contributed by atoms with Gasteiger partial charge in [0.2, 0.25) is 5.91 Å². The number of anilines is 1. The molecule has 0 saturated heterocycles. The average molecular weight is 313 g/mol. The highest BCUT2D eigenvalue weighted by atomic mass is 16.5. The highest BCUT2D eigenvalue weighted by molar-refractivity contribution is 5.79. The predicted molar refractivity (Wildman–Crippen MR) is 89.3 cm³/mol. The van der Waals surface area contributed by atoms with Gasteiger partial charge in [0, 0.05) is 37.9 Å². The summed E-state index contributed by atoms with van der Waals surface area (Å²) in [6.45, 7) is 5.47. The van der Waals surface area contributed by atoms with Gasteiger partial charge in [-0.3, -0.25) is 4.79 Å². The molecule has 0 radical (unpaired) electrons. The molecule has 5 heteroatoms. The van der Waals surface area contributed by atoms with Crippen molar-refractivity contribution in [3.05, 3.63) is 47.3 Å². The van der Waals surface area contributed by atoms with Crippen LogP contribution in [0.25, 0.3) is 0 Å². The fourth-order valence-corrected chi connectivity index (χ4v) is 3.24. The number of hydrogen-bond acceptors (Lipinski definition) is 4. The van der Waals surface area contributed by atoms with Crippen LogP contribution in [0, 0.1) is 6.92 Å². The van der Waals surface area contributed by atoms with Crippen LogP contribution in [-0.4, -0.2) is 35.6 Å². The molecule has 1 aromatic heterocycles. The Bertz CT molecular complexity index is 695. The molecule has 3 rings (SSSR count). The van der Waals surface area contributed by atoms with Gasteiger partial charge in [0.25, 0.3) is 0 Å². The Morgan fingerprint density at radius 3 is 2.87 bits per heavy atom. The third-order valence-electron chi connectivity index (χ3n) is 4.47. The van der Waals surface area contributed by atoms with Crippen molar-refractivity contribution in [2.24, 2.45) is 0 Å². The van der Waals surface area contributed by atoms with Crippen molar-refractivity contribution >= 4 is 11.6 Å². The van der Waals surface area contributed by atoms with Crippen LogP contribution >= 0.6 is 0 Å². The van der Waals surface area contributed by atoms with E-state index in [-0.39, 0.29) is 11.9 Å². The number of carbonyl (C=O) groups is 1. The number of carbonyl (C=O) groups excluding carboxylic acids is 1. The molecular formula is C18H23N3O2. The first kappa shape index (κ1) is 15.6. The topological polar surface area (TPSA) is 49.6 Å². The lowest BCUT2D eigenvalue weighted by atomic mass is 10.1. The van der Waals surface area contributed by atoms with E-state index in [2.05, 4.69) is 36.2 Å². The molecule has 2 aromatic rings. The number of aromatic nitrogens is 1. The average Bonchev–Trinajstić information content (AvgIpc) is 2.88. The van der Waals surface area contributed by atoms with E-state index in [0.717, 1.165) is 18.7 Å². The van der Waals surface area contributed by atoms with E-state index >= 15 is 0 Å². The van der Waals surface area contributed by atoms with Crippen LogP contribution in [0.1, 0.15) is 30.4 Å². The van der Waals surface area contributed by atoms with Crippen LogP contribution in [0.5, 0.6) is 0 Å². The predicted octanol–water partition coefficient (Wildman–Crippen LogP) is 2.78. The maximum atomic E-state index is 12.8. The second-order valence-electron chi connectivity index (χ2n) is 6.20. The third kappa shape index (κ3) is 3.23. The summed E-state index contributed by atoms with van der Waals surface area (Å²) in [6.07, 6.45) is 1.22. The highest BCUT2D eigenvalue weighted by Gasteiger charge is 2.28. The summed E-state index contributed by atoms with van der Waals surface area (Å²) in [5, 5.41) is 3.95. The molecule has 1 aliphatic heterocycles. The Kier molecular flexibility index (Phi) is 4.37. The number of para-hydroxylation sites is 1. The van der Waals surface area contributed by atoms with Gasteiger partial charge in [0.05, 0.1) is 12.1 Å². The Balaban J connectivity index is 1.85. The van der Waals surface area contributed by atoms with E-state index in [1.54, 1.807) is 0 Å². The first-order valence-corrected chi connectivity index (χ1v) is 8.09. The quantitative estimate of drug-likeness (QED) is 0.874. The van der Waals surface area contributed by atoms with Crippen LogP contribution in [0.4, 0.5) is 5.69 Å². The Morgan fingerprint density at radius 2 is 2.17 bits per heavy atom. The van der Waals surface area contributed by atoms with E-state index in [4.69, 9.17) is 4.52 Å². The third-order valence-corrected chi connectivity index (χ3v) is 4.47. The molecule has 1 atom stereocenters. The van der Waals surface area contributed by atoms with E-state index in [1.807, 2.05) is 30.0 Å². The summed E-state index contributed by atoms with van der Waals surface area (Å²) in [5.41, 5.74) is 3.10. The molecule has 2 heterocycles. The number of amides is 1. The molecule has 0 spiro atoms. The molecule has 1 aliphatic rings. The summed E-state index contributed by atoms with van der Waals surface area (Å²) >= 11 is 0. The van der Waals surface area contributed by atoms with Crippen molar-refractivity contribution in [1.82, 2.24) is 10.1 Å². The maximum Gasteiger partial charge on any atom is 0.229 e. The standard InChI is InChI=1S/C18H23N3O2/c1-4-16-12-20(3)17-8-6-5-7-14(17)11-21(16)18(22)10-15-9-13(2)23-19-15/h5-9,16H,4,10-12H2,1-3H3/t16-/m1/s1. The van der Waals surface area contributed by atoms with Crippen molar-refractivity contribution in [3.63, 3.8) is 0 Å². The molecule has 1 amide bonds. The van der Waals surface area contributed by atoms with Crippen LogP contribution in [0.2, 0.25) is 0 Å². The van der Waals surface area contributed by atoms with Gasteiger partial charge >= 0.3 is 0 Å². The summed E-state index contributed by atoms with van der Waals surface area (Å²) in [4.78, 5) is 17.1. The van der Waals surface area contributed by atoms with Crippen LogP contribution < -0.4 is 4.90 Å². The summed E-state index contributed by atoms with van der Waals surface area (Å²) in [7, 11) is 2.09. The minimum absolute atomic E-state index is 0.107. The number of rotatable bonds is 3. The van der Waals surface area contributed by atoms with Gasteiger partial charge in [-0.15, -0.1) is 0 Å². The molecule has 0 saturated carbocycles. The molecular weight excluding hydrogens is 290 g/mol. The van der Waals surface area contributed by atoms with Crippen molar-refractivity contribution < 1.29 is 9.32 Å². The minimum Gasteiger partial charge on any atom is -0.372 e. The lowest BCUT2D eigenvalue weighted by molar-refractivity contribution is -0.133. The molecule has 5 nitrogen and oxygen atoms in total. The normalized spacial score (nSPS) is 17.8. The molecule has 0 N–H and O–H groups in total. The second-order valence-corrected chi connectivity index (χ2v) is 6.20. The van der Waals surface area contributed by atoms with Crippen molar-refractivity contribution in [3.8, 4) is 0 Å². The van der Waals surface area contributed by atoms with Gasteiger partial charge < -0.3 is 14.3 Å². The van der Waals surface area contributed by atoms with Crippen LogP contribution in [-0.2, 0) is 17.8 Å². The van der Waals surface area contributed by atoms with E-state index in [1.165, 1.54) is 11.3 Å². The highest BCUT2D eigenvalue weighted by Crippen LogP contribution is 2.27. The fraction of sp³-hybridized carbons (Fsp3) is 0.444. The van der Waals surface area contributed by atoms with E-state index in [9.17, 15) is 4.79 Å². The number of benzene rings is 1. The Morgan fingerprint density at radius 1 is 1.39 bits per heavy atom. The van der Waals surface area contributed by atoms with E-state index in [0.29, 0.717) is 18.7 Å². The first-order chi connectivity index (χ1) is 11.1. The molecule has 1 aromatic carbocycles. The first-order valence-electron chi connectivity index (χ1n) is 8.09. The molecule has 0 bridgehead atoms. The summed E-state index contributed by atoms with van der Waals surface area (Å²) in [6, 6.07) is 10.3. The lowest BCUT2D eigenvalue weighted by Gasteiger charge is -2.30. The van der Waals surface area contributed by atoms with Gasteiger partial charge in [-0.05, 0) is 25.0 Å². The van der Waals surface area contributed by atoms with Crippen molar-refractivity contribution in [2.45, 2.75) is 39.3 Å². The van der Waals surface area contributed by atoms with Gasteiger partial charge in [-0.1, -0.05) is 30.3 Å². The maximum absolute atomic E-state index is 12.8. The largest absolute Gasteiger partial charge is 0.372 e. The van der Waals surface area contributed by atoms with Crippen molar-refractivity contribution in [1.29, 1.82) is 0 Å². The molecule has 0 aliphatic carbocycles. The number of aryl methyl sites for hydroxylation is 1. The smallest absolute Gasteiger partial charge is 0.229 e. The van der Waals surface area contributed by atoms with Gasteiger partial charge in [-0.2, -0.15) is 0 Å². The molecule has 0 unspecified atom stereocenters. The minimum atomic E-state index is 0.107. The molecule has 122 valence electrons. The summed E-state index contributed by atoms with van der Waals surface area (Å²) < 4.78 is 5.07. The Hall–Kier alpha value is -2.30. The van der Waals surface area contributed by atoms with Gasteiger partial charge in [-0.25, -0.2) is 0 Å². The number of nitrogens with zero attached hydrogens (tertiary/aromatic N) is 3. The SMILES string of the molecule is CC[C@@H]1CN(C)c2ccccc2CN1C(=O)Cc1cc(C)on1.